The Morgan fingerprint density at radius 1 is 0.900 bits per heavy atom. The van der Waals surface area contributed by atoms with Crippen molar-refractivity contribution in [3.05, 3.63) is 71.8 Å². The summed E-state index contributed by atoms with van der Waals surface area (Å²) in [6.07, 6.45) is -0.00175. The summed E-state index contributed by atoms with van der Waals surface area (Å²) < 4.78 is 17.9. The Kier molecular flexibility index (Phi) is 9.43. The van der Waals surface area contributed by atoms with Gasteiger partial charge in [-0.25, -0.2) is 0 Å². The summed E-state index contributed by atoms with van der Waals surface area (Å²) in [6, 6.07) is 19.8. The number of hydrogen-bond donors (Lipinski definition) is 0. The Balaban J connectivity index is 1.90. The average molecular weight is 429 g/mol. The van der Waals surface area contributed by atoms with Gasteiger partial charge in [0.15, 0.2) is 14.1 Å². The Hall–Kier alpha value is -1.79. The molecule has 0 heterocycles. The van der Waals surface area contributed by atoms with Gasteiger partial charge in [0, 0.05) is 13.0 Å². The van der Waals surface area contributed by atoms with Gasteiger partial charge in [-0.05, 0) is 29.3 Å². The van der Waals surface area contributed by atoms with E-state index in [0.29, 0.717) is 26.2 Å². The topological polar surface area (TPSA) is 44.8 Å². The fourth-order valence-electron chi connectivity index (χ4n) is 2.68. The van der Waals surface area contributed by atoms with E-state index < -0.39 is 14.4 Å². The fourth-order valence-corrected chi connectivity index (χ4v) is 3.74. The van der Waals surface area contributed by atoms with E-state index in [1.807, 2.05) is 60.7 Å². The van der Waals surface area contributed by atoms with E-state index >= 15 is 0 Å². The molecule has 0 amide bonds. The molecule has 0 aliphatic carbocycles. The molecule has 5 heteroatoms. The minimum absolute atomic E-state index is 0.0362. The summed E-state index contributed by atoms with van der Waals surface area (Å²) in [7, 11) is -1.86. The van der Waals surface area contributed by atoms with Crippen LogP contribution in [0.25, 0.3) is 0 Å². The zero-order chi connectivity index (χ0) is 22.0. The third-order valence-corrected chi connectivity index (χ3v) is 10.2. The molecule has 0 aliphatic heterocycles. The van der Waals surface area contributed by atoms with Crippen LogP contribution < -0.4 is 0 Å². The van der Waals surface area contributed by atoms with E-state index in [1.165, 1.54) is 0 Å². The molecule has 0 aliphatic rings. The lowest BCUT2D eigenvalue weighted by molar-refractivity contribution is -0.137. The quantitative estimate of drug-likeness (QED) is 0.403. The maximum absolute atomic E-state index is 12.8. The largest absolute Gasteiger partial charge is 0.417 e. The predicted molar refractivity (Wildman–Crippen MR) is 124 cm³/mol. The fraction of sp³-hybridized carbons (Fsp3) is 0.480. The molecule has 0 spiro atoms. The van der Waals surface area contributed by atoms with Crippen LogP contribution in [0.2, 0.25) is 18.1 Å². The number of carbonyl (C=O) groups is 1. The van der Waals surface area contributed by atoms with E-state index in [0.717, 1.165) is 11.1 Å². The molecule has 1 atom stereocenters. The third-order valence-electron chi connectivity index (χ3n) is 5.66. The highest BCUT2D eigenvalue weighted by molar-refractivity contribution is 6.74. The minimum Gasteiger partial charge on any atom is -0.417 e. The Morgan fingerprint density at radius 3 is 1.97 bits per heavy atom. The Labute approximate surface area is 182 Å². The van der Waals surface area contributed by atoms with Crippen LogP contribution in [0.4, 0.5) is 0 Å². The minimum atomic E-state index is -1.86. The summed E-state index contributed by atoms with van der Waals surface area (Å²) in [5.74, 6) is -0.0410. The van der Waals surface area contributed by atoms with Gasteiger partial charge >= 0.3 is 0 Å². The van der Waals surface area contributed by atoms with Gasteiger partial charge in [0.1, 0.15) is 12.7 Å². The SMILES string of the molecule is CC(C)(C)[Si](C)(C)OCCC(OCc1ccccc1)C(=O)COCc1ccccc1. The Bertz CT molecular complexity index is 754. The summed E-state index contributed by atoms with van der Waals surface area (Å²) >= 11 is 0. The molecule has 0 bridgehead atoms. The van der Waals surface area contributed by atoms with E-state index in [2.05, 4.69) is 33.9 Å². The van der Waals surface area contributed by atoms with Gasteiger partial charge in [-0.1, -0.05) is 81.4 Å². The van der Waals surface area contributed by atoms with Gasteiger partial charge in [-0.3, -0.25) is 4.79 Å². The molecule has 0 saturated heterocycles. The second kappa shape index (κ2) is 11.6. The molecule has 164 valence electrons. The van der Waals surface area contributed by atoms with Crippen molar-refractivity contribution in [3.8, 4) is 0 Å². The predicted octanol–water partition coefficient (Wildman–Crippen LogP) is 5.77. The second-order valence-electron chi connectivity index (χ2n) is 9.13. The van der Waals surface area contributed by atoms with Crippen molar-refractivity contribution in [3.63, 3.8) is 0 Å². The highest BCUT2D eigenvalue weighted by Gasteiger charge is 2.37. The molecular formula is C25H36O4Si. The monoisotopic (exact) mass is 428 g/mol. The first-order valence-electron chi connectivity index (χ1n) is 10.6. The lowest BCUT2D eigenvalue weighted by atomic mass is 10.1. The van der Waals surface area contributed by atoms with Crippen molar-refractivity contribution in [1.82, 2.24) is 0 Å². The normalized spacial score (nSPS) is 13.2. The van der Waals surface area contributed by atoms with Gasteiger partial charge in [0.05, 0.1) is 13.2 Å². The molecule has 2 aromatic carbocycles. The van der Waals surface area contributed by atoms with E-state index in [1.54, 1.807) is 0 Å². The molecule has 2 rings (SSSR count). The van der Waals surface area contributed by atoms with Crippen LogP contribution in [-0.4, -0.2) is 33.4 Å². The molecule has 0 fully saturated rings. The van der Waals surface area contributed by atoms with Crippen LogP contribution >= 0.6 is 0 Å². The number of rotatable bonds is 12. The van der Waals surface area contributed by atoms with Crippen molar-refractivity contribution in [2.24, 2.45) is 0 Å². The van der Waals surface area contributed by atoms with Gasteiger partial charge in [-0.2, -0.15) is 0 Å². The molecule has 1 unspecified atom stereocenters. The summed E-state index contributed by atoms with van der Waals surface area (Å²) in [4.78, 5) is 12.8. The number of benzene rings is 2. The van der Waals surface area contributed by atoms with Crippen molar-refractivity contribution in [2.75, 3.05) is 13.2 Å². The van der Waals surface area contributed by atoms with Crippen LogP contribution in [0.5, 0.6) is 0 Å². The Morgan fingerprint density at radius 2 is 1.43 bits per heavy atom. The number of Topliss-reactive ketones (excluding diaryl/α,β-unsaturated/α-hetero) is 1. The smallest absolute Gasteiger partial charge is 0.191 e. The zero-order valence-corrected chi connectivity index (χ0v) is 20.0. The molecule has 0 radical (unpaired) electrons. The number of hydrogen-bond acceptors (Lipinski definition) is 4. The molecule has 0 saturated carbocycles. The van der Waals surface area contributed by atoms with Gasteiger partial charge < -0.3 is 13.9 Å². The molecule has 0 N–H and O–H groups in total. The van der Waals surface area contributed by atoms with Crippen molar-refractivity contribution in [2.45, 2.75) is 64.6 Å². The molecule has 30 heavy (non-hydrogen) atoms. The van der Waals surface area contributed by atoms with E-state index in [-0.39, 0.29) is 17.4 Å². The highest BCUT2D eigenvalue weighted by atomic mass is 28.4. The van der Waals surface area contributed by atoms with Gasteiger partial charge in [0.2, 0.25) is 0 Å². The number of carbonyl (C=O) groups excluding carboxylic acids is 1. The van der Waals surface area contributed by atoms with Crippen LogP contribution in [-0.2, 0) is 31.9 Å². The third kappa shape index (κ3) is 8.15. The number of ketones is 1. The first kappa shape index (κ1) is 24.5. The van der Waals surface area contributed by atoms with Crippen LogP contribution in [0.3, 0.4) is 0 Å². The second-order valence-corrected chi connectivity index (χ2v) is 13.9. The average Bonchev–Trinajstić information content (AvgIpc) is 2.71. The highest BCUT2D eigenvalue weighted by Crippen LogP contribution is 2.36. The maximum atomic E-state index is 12.8. The molecular weight excluding hydrogens is 392 g/mol. The van der Waals surface area contributed by atoms with Crippen molar-refractivity contribution < 1.29 is 18.7 Å². The summed E-state index contributed by atoms with van der Waals surface area (Å²) in [5.41, 5.74) is 2.10. The van der Waals surface area contributed by atoms with Crippen LogP contribution in [0, 0.1) is 0 Å². The standard InChI is InChI=1S/C25H36O4Si/c1-25(2,3)30(4,5)29-17-16-24(28-19-22-14-10-7-11-15-22)23(26)20-27-18-21-12-8-6-9-13-21/h6-15,24H,16-20H2,1-5H3. The van der Waals surface area contributed by atoms with Gasteiger partial charge in [-0.15, -0.1) is 0 Å². The summed E-state index contributed by atoms with van der Waals surface area (Å²) in [6.45, 7) is 12.4. The number of ether oxygens (including phenoxy) is 2. The molecule has 0 aromatic heterocycles. The van der Waals surface area contributed by atoms with E-state index in [4.69, 9.17) is 13.9 Å². The van der Waals surface area contributed by atoms with Crippen molar-refractivity contribution >= 4 is 14.1 Å². The van der Waals surface area contributed by atoms with Crippen LogP contribution in [0.1, 0.15) is 38.3 Å². The lowest BCUT2D eigenvalue weighted by Crippen LogP contribution is -2.42. The van der Waals surface area contributed by atoms with E-state index in [9.17, 15) is 4.79 Å². The molecule has 2 aromatic rings. The van der Waals surface area contributed by atoms with Gasteiger partial charge in [0.25, 0.3) is 0 Å². The van der Waals surface area contributed by atoms with Crippen LogP contribution in [0.15, 0.2) is 60.7 Å². The first-order valence-corrected chi connectivity index (χ1v) is 13.5. The lowest BCUT2D eigenvalue weighted by Gasteiger charge is -2.36. The summed E-state index contributed by atoms with van der Waals surface area (Å²) in [5, 5.41) is 0.135. The first-order chi connectivity index (χ1) is 14.2. The molecule has 4 nitrogen and oxygen atoms in total. The van der Waals surface area contributed by atoms with Crippen molar-refractivity contribution in [1.29, 1.82) is 0 Å². The zero-order valence-electron chi connectivity index (χ0n) is 19.0. The maximum Gasteiger partial charge on any atom is 0.191 e.